The largest absolute Gasteiger partial charge is 0.292 e. The molecule has 116 valence electrons. The predicted molar refractivity (Wildman–Crippen MR) is 85.4 cm³/mol. The Morgan fingerprint density at radius 3 is 2.45 bits per heavy atom. The molecular formula is C18H33NO. The maximum Gasteiger partial charge on any atom is 0.0888 e. The van der Waals surface area contributed by atoms with Crippen molar-refractivity contribution in [3.05, 3.63) is 11.6 Å². The lowest BCUT2D eigenvalue weighted by Gasteiger charge is -2.46. The van der Waals surface area contributed by atoms with Crippen LogP contribution in [0.2, 0.25) is 0 Å². The number of allylic oxidation sites excluding steroid dienone is 2. The number of hydrogen-bond donors (Lipinski definition) is 0. The molecule has 0 aromatic carbocycles. The minimum absolute atomic E-state index is 0.0123. The van der Waals surface area contributed by atoms with Crippen molar-refractivity contribution in [1.82, 2.24) is 5.06 Å². The SMILES string of the molecule is CCN1OC(C)(C)[C@@H]2C[C@](C)(CC=C(C)C)C[C@H](C)[C@H]21. The van der Waals surface area contributed by atoms with Crippen molar-refractivity contribution in [2.75, 3.05) is 6.54 Å². The van der Waals surface area contributed by atoms with Gasteiger partial charge in [-0.05, 0) is 58.3 Å². The highest BCUT2D eigenvalue weighted by atomic mass is 16.7. The van der Waals surface area contributed by atoms with Gasteiger partial charge in [0.15, 0.2) is 0 Å². The molecule has 1 aliphatic carbocycles. The van der Waals surface area contributed by atoms with Crippen LogP contribution < -0.4 is 0 Å². The van der Waals surface area contributed by atoms with E-state index >= 15 is 0 Å². The fourth-order valence-electron chi connectivity index (χ4n) is 4.49. The molecule has 20 heavy (non-hydrogen) atoms. The number of rotatable bonds is 3. The highest BCUT2D eigenvalue weighted by molar-refractivity contribution is 5.06. The standard InChI is InChI=1S/C18H33NO/c1-8-19-16-14(4)11-18(7,10-9-13(2)3)12-15(16)17(5,6)20-19/h9,14-16H,8,10-12H2,1-7H3/t14-,15+,16+,18+/m0/s1. The summed E-state index contributed by atoms with van der Waals surface area (Å²) in [4.78, 5) is 6.25. The van der Waals surface area contributed by atoms with Gasteiger partial charge in [-0.1, -0.05) is 32.4 Å². The summed E-state index contributed by atoms with van der Waals surface area (Å²) in [6.07, 6.45) is 6.24. The Kier molecular flexibility index (Phi) is 4.37. The van der Waals surface area contributed by atoms with Gasteiger partial charge >= 0.3 is 0 Å². The van der Waals surface area contributed by atoms with Crippen LogP contribution in [0.15, 0.2) is 11.6 Å². The Bertz CT molecular complexity index is 383. The molecule has 0 bridgehead atoms. The molecule has 1 heterocycles. The molecular weight excluding hydrogens is 246 g/mol. The van der Waals surface area contributed by atoms with Crippen LogP contribution in [0.4, 0.5) is 0 Å². The maximum absolute atomic E-state index is 6.25. The average molecular weight is 279 g/mol. The number of hydrogen-bond acceptors (Lipinski definition) is 2. The Labute approximate surface area is 125 Å². The molecule has 4 atom stereocenters. The Hall–Kier alpha value is -0.340. The third-order valence-electron chi connectivity index (χ3n) is 5.42. The van der Waals surface area contributed by atoms with Gasteiger partial charge < -0.3 is 0 Å². The number of fused-ring (bicyclic) bond motifs is 1. The lowest BCUT2D eigenvalue weighted by atomic mass is 9.60. The first-order valence-electron chi connectivity index (χ1n) is 8.28. The quantitative estimate of drug-likeness (QED) is 0.687. The van der Waals surface area contributed by atoms with Gasteiger partial charge in [0.1, 0.15) is 0 Å². The fraction of sp³-hybridized carbons (Fsp3) is 0.889. The zero-order valence-electron chi connectivity index (χ0n) is 14.5. The van der Waals surface area contributed by atoms with E-state index in [9.17, 15) is 0 Å². The van der Waals surface area contributed by atoms with Crippen molar-refractivity contribution in [2.45, 2.75) is 79.4 Å². The zero-order valence-corrected chi connectivity index (χ0v) is 14.5. The van der Waals surface area contributed by atoms with Crippen LogP contribution in [0.25, 0.3) is 0 Å². The normalized spacial score (nSPS) is 40.5. The lowest BCUT2D eigenvalue weighted by molar-refractivity contribution is -0.196. The summed E-state index contributed by atoms with van der Waals surface area (Å²) in [6, 6.07) is 0.606. The first kappa shape index (κ1) is 16.0. The van der Waals surface area contributed by atoms with Crippen molar-refractivity contribution in [1.29, 1.82) is 0 Å². The third kappa shape index (κ3) is 2.96. The van der Waals surface area contributed by atoms with E-state index in [0.29, 0.717) is 23.3 Å². The van der Waals surface area contributed by atoms with Gasteiger partial charge in [-0.15, -0.1) is 0 Å². The molecule has 2 fully saturated rings. The van der Waals surface area contributed by atoms with E-state index in [2.05, 4.69) is 59.6 Å². The van der Waals surface area contributed by atoms with Gasteiger partial charge in [0.2, 0.25) is 0 Å². The highest BCUT2D eigenvalue weighted by Crippen LogP contribution is 2.53. The van der Waals surface area contributed by atoms with Crippen molar-refractivity contribution < 1.29 is 4.84 Å². The van der Waals surface area contributed by atoms with Crippen LogP contribution in [0.1, 0.15) is 67.7 Å². The summed E-state index contributed by atoms with van der Waals surface area (Å²) in [7, 11) is 0. The van der Waals surface area contributed by atoms with Crippen molar-refractivity contribution >= 4 is 0 Å². The van der Waals surface area contributed by atoms with Gasteiger partial charge in [-0.2, -0.15) is 5.06 Å². The minimum Gasteiger partial charge on any atom is -0.292 e. The topological polar surface area (TPSA) is 12.5 Å². The van der Waals surface area contributed by atoms with E-state index in [0.717, 1.165) is 6.54 Å². The molecule has 2 rings (SSSR count). The van der Waals surface area contributed by atoms with E-state index in [1.54, 1.807) is 0 Å². The maximum atomic E-state index is 6.25. The summed E-state index contributed by atoms with van der Waals surface area (Å²) in [5.74, 6) is 1.37. The Morgan fingerprint density at radius 2 is 1.90 bits per heavy atom. The van der Waals surface area contributed by atoms with Crippen molar-refractivity contribution in [3.8, 4) is 0 Å². The molecule has 1 aliphatic heterocycles. The average Bonchev–Trinajstić information content (AvgIpc) is 2.59. The molecule has 0 radical (unpaired) electrons. The van der Waals surface area contributed by atoms with E-state index in [-0.39, 0.29) is 5.60 Å². The number of nitrogens with zero attached hydrogens (tertiary/aromatic N) is 1. The molecule has 0 N–H and O–H groups in total. The minimum atomic E-state index is -0.0123. The molecule has 1 saturated carbocycles. The molecule has 0 amide bonds. The van der Waals surface area contributed by atoms with Gasteiger partial charge in [0.05, 0.1) is 5.60 Å². The van der Waals surface area contributed by atoms with Gasteiger partial charge in [0, 0.05) is 18.5 Å². The first-order chi connectivity index (χ1) is 9.18. The summed E-state index contributed by atoms with van der Waals surface area (Å²) >= 11 is 0. The zero-order chi connectivity index (χ0) is 15.1. The van der Waals surface area contributed by atoms with Crippen LogP contribution >= 0.6 is 0 Å². The second-order valence-corrected chi connectivity index (χ2v) is 8.21. The molecule has 0 unspecified atom stereocenters. The van der Waals surface area contributed by atoms with E-state index < -0.39 is 0 Å². The molecule has 2 nitrogen and oxygen atoms in total. The van der Waals surface area contributed by atoms with E-state index in [1.807, 2.05) is 0 Å². The monoisotopic (exact) mass is 279 g/mol. The van der Waals surface area contributed by atoms with E-state index in [1.165, 1.54) is 24.8 Å². The highest BCUT2D eigenvalue weighted by Gasteiger charge is 2.55. The second kappa shape index (κ2) is 5.46. The van der Waals surface area contributed by atoms with Crippen LogP contribution in [0, 0.1) is 17.3 Å². The Morgan fingerprint density at radius 1 is 1.25 bits per heavy atom. The molecule has 0 aromatic rings. The van der Waals surface area contributed by atoms with Crippen molar-refractivity contribution in [3.63, 3.8) is 0 Å². The van der Waals surface area contributed by atoms with Crippen LogP contribution in [-0.4, -0.2) is 23.3 Å². The van der Waals surface area contributed by atoms with Crippen LogP contribution in [0.5, 0.6) is 0 Å². The summed E-state index contributed by atoms with van der Waals surface area (Å²) in [5, 5.41) is 2.26. The van der Waals surface area contributed by atoms with Gasteiger partial charge in [-0.3, -0.25) is 4.84 Å². The van der Waals surface area contributed by atoms with Crippen LogP contribution in [-0.2, 0) is 4.84 Å². The smallest absolute Gasteiger partial charge is 0.0888 e. The first-order valence-corrected chi connectivity index (χ1v) is 8.28. The molecule has 2 heteroatoms. The van der Waals surface area contributed by atoms with E-state index in [4.69, 9.17) is 4.84 Å². The van der Waals surface area contributed by atoms with Gasteiger partial charge in [-0.25, -0.2) is 0 Å². The van der Waals surface area contributed by atoms with Crippen LogP contribution in [0.3, 0.4) is 0 Å². The summed E-state index contributed by atoms with van der Waals surface area (Å²) in [6.45, 7) is 17.1. The second-order valence-electron chi connectivity index (χ2n) is 8.21. The lowest BCUT2D eigenvalue weighted by Crippen LogP contribution is -2.47. The van der Waals surface area contributed by atoms with Crippen molar-refractivity contribution in [2.24, 2.45) is 17.3 Å². The number of hydroxylamine groups is 2. The molecule has 0 spiro atoms. The summed E-state index contributed by atoms with van der Waals surface area (Å²) < 4.78 is 0. The fourth-order valence-corrected chi connectivity index (χ4v) is 4.49. The third-order valence-corrected chi connectivity index (χ3v) is 5.42. The molecule has 1 saturated heterocycles. The molecule has 2 aliphatic rings. The Balaban J connectivity index is 2.21. The summed E-state index contributed by atoms with van der Waals surface area (Å²) in [5.41, 5.74) is 1.86. The predicted octanol–water partition coefficient (Wildman–Crippen LogP) is 4.81. The molecule has 0 aromatic heterocycles. The van der Waals surface area contributed by atoms with Gasteiger partial charge in [0.25, 0.3) is 0 Å².